The number of aromatic nitrogens is 2. The van der Waals surface area contributed by atoms with E-state index in [1.165, 1.54) is 36.2 Å². The largest absolute Gasteiger partial charge is 0.310 e. The van der Waals surface area contributed by atoms with Gasteiger partial charge in [-0.15, -0.1) is 0 Å². The molecule has 14 heavy (non-hydrogen) atoms. The molecule has 78 valence electrons. The fourth-order valence-electron chi connectivity index (χ4n) is 2.39. The Morgan fingerprint density at radius 3 is 2.64 bits per heavy atom. The van der Waals surface area contributed by atoms with Gasteiger partial charge in [0, 0.05) is 24.3 Å². The number of piperidine rings is 1. The fourth-order valence-corrected chi connectivity index (χ4v) is 2.39. The van der Waals surface area contributed by atoms with Gasteiger partial charge >= 0.3 is 0 Å². The van der Waals surface area contributed by atoms with Crippen LogP contribution >= 0.6 is 0 Å². The maximum atomic E-state index is 4.46. The first-order chi connectivity index (χ1) is 6.70. The Labute approximate surface area is 85.5 Å². The number of nitrogens with one attached hydrogen (secondary N) is 1. The molecule has 1 aromatic heterocycles. The first-order valence-corrected chi connectivity index (χ1v) is 5.43. The van der Waals surface area contributed by atoms with E-state index >= 15 is 0 Å². The topological polar surface area (TPSA) is 29.9 Å². The molecule has 1 N–H and O–H groups in total. The van der Waals surface area contributed by atoms with E-state index in [9.17, 15) is 0 Å². The SMILES string of the molecule is Cc1nn(C)c(C)c1C1CCCCN1. The standard InChI is InChI=1S/C11H19N3/c1-8-11(9(2)14(3)13-8)10-6-4-5-7-12-10/h10,12H,4-7H2,1-3H3. The molecular weight excluding hydrogens is 174 g/mol. The molecule has 1 aliphatic rings. The second-order valence-corrected chi connectivity index (χ2v) is 4.21. The van der Waals surface area contributed by atoms with E-state index in [0.717, 1.165) is 6.54 Å². The van der Waals surface area contributed by atoms with E-state index < -0.39 is 0 Å². The van der Waals surface area contributed by atoms with Crippen molar-refractivity contribution in [2.45, 2.75) is 39.2 Å². The van der Waals surface area contributed by atoms with Crippen LogP contribution in [0.25, 0.3) is 0 Å². The summed E-state index contributed by atoms with van der Waals surface area (Å²) >= 11 is 0. The van der Waals surface area contributed by atoms with Gasteiger partial charge in [-0.3, -0.25) is 4.68 Å². The van der Waals surface area contributed by atoms with E-state index in [4.69, 9.17) is 0 Å². The molecule has 0 spiro atoms. The van der Waals surface area contributed by atoms with Crippen LogP contribution in [-0.2, 0) is 7.05 Å². The van der Waals surface area contributed by atoms with Gasteiger partial charge in [-0.1, -0.05) is 6.42 Å². The molecule has 1 aromatic rings. The van der Waals surface area contributed by atoms with E-state index in [1.54, 1.807) is 0 Å². The second kappa shape index (κ2) is 3.73. The first-order valence-electron chi connectivity index (χ1n) is 5.43. The minimum atomic E-state index is 0.539. The lowest BCUT2D eigenvalue weighted by Crippen LogP contribution is -2.27. The molecule has 1 atom stereocenters. The van der Waals surface area contributed by atoms with Crippen LogP contribution in [0.1, 0.15) is 42.3 Å². The molecule has 0 radical (unpaired) electrons. The Kier molecular flexibility index (Phi) is 2.59. The molecule has 0 bridgehead atoms. The molecule has 3 nitrogen and oxygen atoms in total. The highest BCUT2D eigenvalue weighted by atomic mass is 15.3. The summed E-state index contributed by atoms with van der Waals surface area (Å²) in [6, 6.07) is 0.539. The van der Waals surface area contributed by atoms with Crippen molar-refractivity contribution in [1.82, 2.24) is 15.1 Å². The monoisotopic (exact) mass is 193 g/mol. The Bertz CT molecular complexity index is 322. The summed E-state index contributed by atoms with van der Waals surface area (Å²) in [5, 5.41) is 8.04. The fraction of sp³-hybridized carbons (Fsp3) is 0.727. The van der Waals surface area contributed by atoms with Gasteiger partial charge in [-0.2, -0.15) is 5.10 Å². The molecular formula is C11H19N3. The van der Waals surface area contributed by atoms with Crippen molar-refractivity contribution in [3.05, 3.63) is 17.0 Å². The summed E-state index contributed by atoms with van der Waals surface area (Å²) in [5.74, 6) is 0. The van der Waals surface area contributed by atoms with Crippen molar-refractivity contribution in [3.8, 4) is 0 Å². The maximum Gasteiger partial charge on any atom is 0.0644 e. The summed E-state index contributed by atoms with van der Waals surface area (Å²) in [5.41, 5.74) is 3.92. The molecule has 2 heterocycles. The zero-order valence-electron chi connectivity index (χ0n) is 9.30. The molecule has 0 saturated carbocycles. The average Bonchev–Trinajstić information content (AvgIpc) is 2.43. The summed E-state index contributed by atoms with van der Waals surface area (Å²) in [4.78, 5) is 0. The van der Waals surface area contributed by atoms with Crippen molar-refractivity contribution in [3.63, 3.8) is 0 Å². The third-order valence-corrected chi connectivity index (χ3v) is 3.22. The van der Waals surface area contributed by atoms with Crippen LogP contribution < -0.4 is 5.32 Å². The molecule has 1 saturated heterocycles. The van der Waals surface area contributed by atoms with Crippen molar-refractivity contribution >= 4 is 0 Å². The van der Waals surface area contributed by atoms with Crippen molar-refractivity contribution < 1.29 is 0 Å². The molecule has 1 aliphatic heterocycles. The van der Waals surface area contributed by atoms with E-state index in [-0.39, 0.29) is 0 Å². The predicted molar refractivity (Wildman–Crippen MR) is 57.3 cm³/mol. The van der Waals surface area contributed by atoms with E-state index in [2.05, 4.69) is 24.3 Å². The van der Waals surface area contributed by atoms with Crippen LogP contribution in [0.5, 0.6) is 0 Å². The van der Waals surface area contributed by atoms with Crippen molar-refractivity contribution in [2.24, 2.45) is 7.05 Å². The zero-order chi connectivity index (χ0) is 10.1. The number of rotatable bonds is 1. The van der Waals surface area contributed by atoms with Gasteiger partial charge in [0.05, 0.1) is 5.69 Å². The zero-order valence-corrected chi connectivity index (χ0v) is 9.30. The van der Waals surface area contributed by atoms with Gasteiger partial charge in [0.15, 0.2) is 0 Å². The van der Waals surface area contributed by atoms with Gasteiger partial charge in [-0.25, -0.2) is 0 Å². The quantitative estimate of drug-likeness (QED) is 0.737. The smallest absolute Gasteiger partial charge is 0.0644 e. The molecule has 1 unspecified atom stereocenters. The van der Waals surface area contributed by atoms with Gasteiger partial charge in [-0.05, 0) is 33.2 Å². The lowest BCUT2D eigenvalue weighted by Gasteiger charge is -2.24. The predicted octanol–water partition coefficient (Wildman–Crippen LogP) is 1.85. The van der Waals surface area contributed by atoms with Gasteiger partial charge in [0.25, 0.3) is 0 Å². The van der Waals surface area contributed by atoms with Crippen LogP contribution in [0.15, 0.2) is 0 Å². The van der Waals surface area contributed by atoms with Crippen LogP contribution in [0.2, 0.25) is 0 Å². The average molecular weight is 193 g/mol. The van der Waals surface area contributed by atoms with Gasteiger partial charge < -0.3 is 5.32 Å². The number of hydrogen-bond acceptors (Lipinski definition) is 2. The molecule has 0 aliphatic carbocycles. The van der Waals surface area contributed by atoms with Gasteiger partial charge in [0.2, 0.25) is 0 Å². The Morgan fingerprint density at radius 1 is 1.36 bits per heavy atom. The second-order valence-electron chi connectivity index (χ2n) is 4.21. The highest BCUT2D eigenvalue weighted by molar-refractivity contribution is 5.28. The first kappa shape index (κ1) is 9.71. The van der Waals surface area contributed by atoms with Crippen LogP contribution in [0.4, 0.5) is 0 Å². The summed E-state index contributed by atoms with van der Waals surface area (Å²) in [7, 11) is 2.02. The number of aryl methyl sites for hydroxylation is 2. The normalized spacial score (nSPS) is 22.6. The maximum absolute atomic E-state index is 4.46. The number of hydrogen-bond donors (Lipinski definition) is 1. The lowest BCUT2D eigenvalue weighted by molar-refractivity contribution is 0.409. The highest BCUT2D eigenvalue weighted by Gasteiger charge is 2.21. The van der Waals surface area contributed by atoms with Crippen molar-refractivity contribution in [2.75, 3.05) is 6.54 Å². The minimum Gasteiger partial charge on any atom is -0.310 e. The molecule has 3 heteroatoms. The third kappa shape index (κ3) is 1.57. The van der Waals surface area contributed by atoms with E-state index in [0.29, 0.717) is 6.04 Å². The minimum absolute atomic E-state index is 0.539. The summed E-state index contributed by atoms with van der Waals surface area (Å²) < 4.78 is 1.99. The summed E-state index contributed by atoms with van der Waals surface area (Å²) in [6.07, 6.45) is 3.91. The van der Waals surface area contributed by atoms with E-state index in [1.807, 2.05) is 11.7 Å². The molecule has 2 rings (SSSR count). The van der Waals surface area contributed by atoms with Crippen LogP contribution in [0, 0.1) is 13.8 Å². The van der Waals surface area contributed by atoms with Crippen LogP contribution in [0.3, 0.4) is 0 Å². The molecule has 0 amide bonds. The van der Waals surface area contributed by atoms with Crippen molar-refractivity contribution in [1.29, 1.82) is 0 Å². The third-order valence-electron chi connectivity index (χ3n) is 3.22. The highest BCUT2D eigenvalue weighted by Crippen LogP contribution is 2.27. The number of nitrogens with zero attached hydrogens (tertiary/aromatic N) is 2. The Hall–Kier alpha value is -0.830. The molecule has 1 fully saturated rings. The lowest BCUT2D eigenvalue weighted by atomic mass is 9.96. The van der Waals surface area contributed by atoms with Gasteiger partial charge in [0.1, 0.15) is 0 Å². The van der Waals surface area contributed by atoms with Crippen LogP contribution in [-0.4, -0.2) is 16.3 Å². The molecule has 0 aromatic carbocycles. The Morgan fingerprint density at radius 2 is 2.14 bits per heavy atom. The Balaban J connectivity index is 2.29. The summed E-state index contributed by atoms with van der Waals surface area (Å²) in [6.45, 7) is 5.42.